The van der Waals surface area contributed by atoms with Crippen LogP contribution in [0, 0.1) is 17.6 Å². The molecular weight excluding hydrogens is 344 g/mol. The van der Waals surface area contributed by atoms with Gasteiger partial charge in [0.05, 0.1) is 0 Å². The van der Waals surface area contributed by atoms with Gasteiger partial charge in [0.1, 0.15) is 0 Å². The fraction of sp³-hybridized carbons (Fsp3) is 0.500. The fourth-order valence-corrected chi connectivity index (χ4v) is 3.45. The highest BCUT2D eigenvalue weighted by atomic mass is 19.2. The van der Waals surface area contributed by atoms with Gasteiger partial charge in [-0.05, 0) is 31.0 Å². The average molecular weight is 365 g/mol. The molecule has 0 unspecified atom stereocenters. The molecule has 2 aliphatic heterocycles. The molecule has 26 heavy (non-hydrogen) atoms. The summed E-state index contributed by atoms with van der Waals surface area (Å²) in [7, 11) is 0. The lowest BCUT2D eigenvalue weighted by molar-refractivity contribution is -0.140. The maximum atomic E-state index is 13.3. The average Bonchev–Trinajstić information content (AvgIpc) is 2.69. The monoisotopic (exact) mass is 365 g/mol. The van der Waals surface area contributed by atoms with Crippen LogP contribution in [0.4, 0.5) is 8.78 Å². The zero-order valence-electron chi connectivity index (χ0n) is 14.4. The van der Waals surface area contributed by atoms with Crippen molar-refractivity contribution in [2.45, 2.75) is 12.8 Å². The summed E-state index contributed by atoms with van der Waals surface area (Å²) < 4.78 is 26.3. The smallest absolute Gasteiger partial charge is 0.253 e. The highest BCUT2D eigenvalue weighted by molar-refractivity contribution is 5.94. The Labute approximate surface area is 150 Å². The molecule has 6 nitrogen and oxygen atoms in total. The third kappa shape index (κ3) is 3.84. The SMILES string of the molecule is O=CN1CCN(C(=O)C2CCN(C(=O)c3ccc(F)c(F)c3)CC2)CC1. The minimum atomic E-state index is -1.05. The summed E-state index contributed by atoms with van der Waals surface area (Å²) >= 11 is 0. The van der Waals surface area contributed by atoms with Gasteiger partial charge in [0, 0.05) is 50.7 Å². The highest BCUT2D eigenvalue weighted by Gasteiger charge is 2.31. The Hall–Kier alpha value is -2.51. The molecule has 140 valence electrons. The molecule has 0 radical (unpaired) electrons. The summed E-state index contributed by atoms with van der Waals surface area (Å²) in [5, 5.41) is 0. The van der Waals surface area contributed by atoms with Crippen molar-refractivity contribution in [3.05, 3.63) is 35.4 Å². The lowest BCUT2D eigenvalue weighted by atomic mass is 9.94. The van der Waals surface area contributed by atoms with Gasteiger partial charge in [-0.25, -0.2) is 8.78 Å². The minimum absolute atomic E-state index is 0.0653. The van der Waals surface area contributed by atoms with Gasteiger partial charge in [-0.3, -0.25) is 14.4 Å². The van der Waals surface area contributed by atoms with Gasteiger partial charge < -0.3 is 14.7 Å². The lowest BCUT2D eigenvalue weighted by Crippen LogP contribution is -2.51. The summed E-state index contributed by atoms with van der Waals surface area (Å²) in [5.41, 5.74) is 0.110. The molecule has 0 aromatic heterocycles. The van der Waals surface area contributed by atoms with E-state index in [4.69, 9.17) is 0 Å². The number of carbonyl (C=O) groups is 3. The van der Waals surface area contributed by atoms with Crippen LogP contribution in [-0.4, -0.2) is 72.2 Å². The number of halogens is 2. The largest absolute Gasteiger partial charge is 0.342 e. The number of likely N-dealkylation sites (tertiary alicyclic amines) is 1. The van der Waals surface area contributed by atoms with Gasteiger partial charge in [0.15, 0.2) is 11.6 Å². The summed E-state index contributed by atoms with van der Waals surface area (Å²) in [5.74, 6) is -2.47. The van der Waals surface area contributed by atoms with Crippen molar-refractivity contribution < 1.29 is 23.2 Å². The Morgan fingerprint density at radius 1 is 0.923 bits per heavy atom. The second kappa shape index (κ2) is 7.80. The number of amides is 3. The Balaban J connectivity index is 1.53. The van der Waals surface area contributed by atoms with Gasteiger partial charge in [0.2, 0.25) is 12.3 Å². The van der Waals surface area contributed by atoms with E-state index < -0.39 is 11.6 Å². The van der Waals surface area contributed by atoms with Gasteiger partial charge >= 0.3 is 0 Å². The first kappa shape index (κ1) is 18.3. The summed E-state index contributed by atoms with van der Waals surface area (Å²) in [4.78, 5) is 40.7. The molecule has 3 rings (SSSR count). The van der Waals surface area contributed by atoms with Crippen LogP contribution in [0.15, 0.2) is 18.2 Å². The normalized spacial score (nSPS) is 18.8. The van der Waals surface area contributed by atoms with E-state index in [0.29, 0.717) is 52.1 Å². The van der Waals surface area contributed by atoms with E-state index in [9.17, 15) is 23.2 Å². The first-order chi connectivity index (χ1) is 12.5. The third-order valence-electron chi connectivity index (χ3n) is 5.07. The predicted octanol–water partition coefficient (Wildman–Crippen LogP) is 1.12. The molecule has 1 aromatic rings. The fourth-order valence-electron chi connectivity index (χ4n) is 3.45. The molecule has 2 heterocycles. The number of carbonyl (C=O) groups excluding carboxylic acids is 3. The highest BCUT2D eigenvalue weighted by Crippen LogP contribution is 2.22. The molecule has 2 aliphatic rings. The van der Waals surface area contributed by atoms with Crippen molar-refractivity contribution in [3.63, 3.8) is 0 Å². The number of rotatable bonds is 3. The number of nitrogens with zero attached hydrogens (tertiary/aromatic N) is 3. The first-order valence-electron chi connectivity index (χ1n) is 8.72. The lowest BCUT2D eigenvalue weighted by Gasteiger charge is -2.37. The molecule has 0 bridgehead atoms. The molecular formula is C18H21F2N3O3. The summed E-state index contributed by atoms with van der Waals surface area (Å²) in [6.45, 7) is 2.97. The maximum Gasteiger partial charge on any atom is 0.253 e. The van der Waals surface area contributed by atoms with Crippen molar-refractivity contribution in [2.75, 3.05) is 39.3 Å². The Kier molecular flexibility index (Phi) is 5.49. The molecule has 0 N–H and O–H groups in total. The molecule has 3 amide bonds. The van der Waals surface area contributed by atoms with Gasteiger partial charge in [-0.1, -0.05) is 0 Å². The molecule has 0 aliphatic carbocycles. The van der Waals surface area contributed by atoms with Crippen molar-refractivity contribution in [2.24, 2.45) is 5.92 Å². The van der Waals surface area contributed by atoms with Crippen molar-refractivity contribution in [3.8, 4) is 0 Å². The zero-order valence-corrected chi connectivity index (χ0v) is 14.4. The van der Waals surface area contributed by atoms with E-state index in [1.807, 2.05) is 0 Å². The Morgan fingerprint density at radius 2 is 1.58 bits per heavy atom. The molecule has 0 atom stereocenters. The number of piperidine rings is 1. The number of benzene rings is 1. The van der Waals surface area contributed by atoms with Crippen LogP contribution >= 0.6 is 0 Å². The van der Waals surface area contributed by atoms with Gasteiger partial charge in [-0.15, -0.1) is 0 Å². The van der Waals surface area contributed by atoms with Crippen LogP contribution in [0.1, 0.15) is 23.2 Å². The molecule has 8 heteroatoms. The molecule has 1 aromatic carbocycles. The topological polar surface area (TPSA) is 60.9 Å². The quantitative estimate of drug-likeness (QED) is 0.754. The number of hydrogen-bond donors (Lipinski definition) is 0. The first-order valence-corrected chi connectivity index (χ1v) is 8.72. The van der Waals surface area contributed by atoms with Gasteiger partial charge in [-0.2, -0.15) is 0 Å². The number of hydrogen-bond acceptors (Lipinski definition) is 3. The second-order valence-electron chi connectivity index (χ2n) is 6.66. The van der Waals surface area contributed by atoms with E-state index in [-0.39, 0.29) is 23.3 Å². The van der Waals surface area contributed by atoms with Crippen molar-refractivity contribution in [1.29, 1.82) is 0 Å². The van der Waals surface area contributed by atoms with E-state index in [2.05, 4.69) is 0 Å². The standard InChI is InChI=1S/C18H21F2N3O3/c19-15-2-1-14(11-16(15)20)18(26)22-5-3-13(4-6-22)17(25)23-9-7-21(12-24)8-10-23/h1-2,11-13H,3-10H2. The van der Waals surface area contributed by atoms with E-state index in [0.717, 1.165) is 18.5 Å². The zero-order chi connectivity index (χ0) is 18.7. The van der Waals surface area contributed by atoms with E-state index >= 15 is 0 Å². The predicted molar refractivity (Wildman–Crippen MR) is 89.2 cm³/mol. The second-order valence-corrected chi connectivity index (χ2v) is 6.66. The van der Waals surface area contributed by atoms with E-state index in [1.165, 1.54) is 6.07 Å². The summed E-state index contributed by atoms with van der Waals surface area (Å²) in [6, 6.07) is 3.11. The number of piperazine rings is 1. The molecule has 0 saturated carbocycles. The minimum Gasteiger partial charge on any atom is -0.342 e. The Bertz CT molecular complexity index is 697. The van der Waals surface area contributed by atoms with Crippen molar-refractivity contribution in [1.82, 2.24) is 14.7 Å². The van der Waals surface area contributed by atoms with Crippen LogP contribution < -0.4 is 0 Å². The summed E-state index contributed by atoms with van der Waals surface area (Å²) in [6.07, 6.45) is 1.88. The van der Waals surface area contributed by atoms with Crippen LogP contribution in [0.2, 0.25) is 0 Å². The van der Waals surface area contributed by atoms with Crippen molar-refractivity contribution >= 4 is 18.2 Å². The van der Waals surface area contributed by atoms with E-state index in [1.54, 1.807) is 14.7 Å². The maximum absolute atomic E-state index is 13.3. The third-order valence-corrected chi connectivity index (χ3v) is 5.07. The molecule has 2 saturated heterocycles. The molecule has 0 spiro atoms. The van der Waals surface area contributed by atoms with Crippen LogP contribution in [-0.2, 0) is 9.59 Å². The Morgan fingerprint density at radius 3 is 2.15 bits per heavy atom. The van der Waals surface area contributed by atoms with Gasteiger partial charge in [0.25, 0.3) is 5.91 Å². The molecule has 2 fully saturated rings. The van der Waals surface area contributed by atoms with Crippen LogP contribution in [0.5, 0.6) is 0 Å². The van der Waals surface area contributed by atoms with Crippen LogP contribution in [0.25, 0.3) is 0 Å². The van der Waals surface area contributed by atoms with Crippen LogP contribution in [0.3, 0.4) is 0 Å².